The third kappa shape index (κ3) is 10.00. The molecule has 71 heavy (non-hydrogen) atoms. The summed E-state index contributed by atoms with van der Waals surface area (Å²) in [6.07, 6.45) is 9.30. The molecular formula is C53H65N7O10S. The predicted octanol–water partition coefficient (Wildman–Crippen LogP) is 9.23. The molecule has 5 aliphatic rings. The summed E-state index contributed by atoms with van der Waals surface area (Å²) in [6, 6.07) is 20.1. The highest BCUT2D eigenvalue weighted by atomic mass is 32.2. The van der Waals surface area contributed by atoms with Crippen molar-refractivity contribution in [1.82, 2.24) is 19.6 Å². The standard InChI is InChI=1S/C53H65N7O10S/c1-5-23-68-51-47(25-35-14-19-54-49(35)56-51)70-45-26-36(58-20-17-53(18-21-58)29-37(30-53)59-22-24-67-32-44(59)40-9-7-6-8-39(40)33(2)3)10-11-41(45)50(61)57-71(65,66)38-27-43(60(63)64)48-46(28-38)69-31-42(55-48)34-12-15-52(4,62)16-13-34/h6-11,14,19,25-28,33-34,37,42,44,55,62H,5,12-13,15-18,20-24,29-32H2,1-4H3,(H,54,56)(H,57,61)/t34?,42-,44+,52?/m1/s1. The SMILES string of the molecule is CCCOc1nc2[nH]ccc2cc1Oc1cc(N2CCC3(CC2)CC(N2CCOC[C@H]2c2ccccc2C(C)C)C3)ccc1C(=O)NS(=O)(=O)c1cc2c(c([N+](=O)[O-])c1)N[C@@H](C1CCC(C)(O)CC1)CO2. The molecule has 2 saturated carbocycles. The Morgan fingerprint density at radius 1 is 1.01 bits per heavy atom. The van der Waals surface area contributed by atoms with Crippen LogP contribution in [0.3, 0.4) is 0 Å². The molecule has 3 aliphatic heterocycles. The average Bonchev–Trinajstić information content (AvgIpc) is 3.81. The van der Waals surface area contributed by atoms with Crippen molar-refractivity contribution >= 4 is 44.0 Å². The summed E-state index contributed by atoms with van der Waals surface area (Å²) in [5.74, 6) is 0.0316. The lowest BCUT2D eigenvalue weighted by atomic mass is 9.59. The number of ether oxygens (including phenoxy) is 4. The molecule has 5 aromatic rings. The van der Waals surface area contributed by atoms with E-state index in [1.165, 1.54) is 17.2 Å². The average molecular weight is 992 g/mol. The van der Waals surface area contributed by atoms with Gasteiger partial charge in [0.15, 0.2) is 17.2 Å². The lowest BCUT2D eigenvalue weighted by molar-refractivity contribution is -0.384. The van der Waals surface area contributed by atoms with Crippen LogP contribution < -0.4 is 29.1 Å². The lowest BCUT2D eigenvalue weighted by Gasteiger charge is -2.57. The Morgan fingerprint density at radius 3 is 2.54 bits per heavy atom. The van der Waals surface area contributed by atoms with E-state index in [1.54, 1.807) is 37.4 Å². The van der Waals surface area contributed by atoms with Crippen LogP contribution in [0.25, 0.3) is 11.0 Å². The highest BCUT2D eigenvalue weighted by Gasteiger charge is 2.50. The molecule has 5 heterocycles. The summed E-state index contributed by atoms with van der Waals surface area (Å²) in [4.78, 5) is 38.4. The van der Waals surface area contributed by atoms with Crippen LogP contribution in [0.15, 0.2) is 77.8 Å². The zero-order valence-corrected chi connectivity index (χ0v) is 41.8. The number of carbonyl (C=O) groups excluding carboxylic acids is 1. The number of piperidine rings is 1. The van der Waals surface area contributed by atoms with Crippen LogP contribution in [0.2, 0.25) is 0 Å². The zero-order valence-electron chi connectivity index (χ0n) is 40.9. The minimum Gasteiger partial charge on any atom is -0.489 e. The number of nitrogens with zero attached hydrogens (tertiary/aromatic N) is 4. The minimum atomic E-state index is -4.71. The van der Waals surface area contributed by atoms with E-state index in [9.17, 15) is 28.4 Å². The Hall–Kier alpha value is -5.95. The van der Waals surface area contributed by atoms with Crippen molar-refractivity contribution in [2.75, 3.05) is 56.3 Å². The van der Waals surface area contributed by atoms with E-state index in [1.807, 2.05) is 13.0 Å². The fraction of sp³-hybridized carbons (Fsp3) is 0.509. The Kier molecular flexibility index (Phi) is 13.4. The van der Waals surface area contributed by atoms with Crippen molar-refractivity contribution in [1.29, 1.82) is 0 Å². The number of nitro benzene ring substituents is 1. The largest absolute Gasteiger partial charge is 0.489 e. The number of carbonyl (C=O) groups is 1. The molecule has 4 fully saturated rings. The maximum absolute atomic E-state index is 14.3. The van der Waals surface area contributed by atoms with Crippen LogP contribution in [0.4, 0.5) is 17.1 Å². The molecule has 10 rings (SSSR count). The smallest absolute Gasteiger partial charge is 0.297 e. The van der Waals surface area contributed by atoms with Gasteiger partial charge in [0, 0.05) is 61.1 Å². The van der Waals surface area contributed by atoms with Crippen molar-refractivity contribution < 1.29 is 42.2 Å². The quantitative estimate of drug-likeness (QED) is 0.0604. The van der Waals surface area contributed by atoms with Gasteiger partial charge in [0.2, 0.25) is 0 Å². The second kappa shape index (κ2) is 19.6. The first-order valence-corrected chi connectivity index (χ1v) is 26.7. The topological polar surface area (TPSA) is 211 Å². The van der Waals surface area contributed by atoms with Crippen molar-refractivity contribution in [3.05, 3.63) is 99.7 Å². The molecule has 17 nitrogen and oxygen atoms in total. The van der Waals surface area contributed by atoms with Gasteiger partial charge in [-0.3, -0.25) is 19.8 Å². The molecule has 0 unspecified atom stereocenters. The number of hydrogen-bond donors (Lipinski definition) is 4. The number of sulfonamides is 1. The van der Waals surface area contributed by atoms with Gasteiger partial charge in [-0.15, -0.1) is 0 Å². The van der Waals surface area contributed by atoms with Gasteiger partial charge in [-0.05, 0) is 117 Å². The van der Waals surface area contributed by atoms with E-state index in [-0.39, 0.29) is 64.4 Å². The summed E-state index contributed by atoms with van der Waals surface area (Å²) in [7, 11) is -4.71. The maximum Gasteiger partial charge on any atom is 0.297 e. The Labute approximate surface area is 414 Å². The van der Waals surface area contributed by atoms with E-state index in [0.717, 1.165) is 69.1 Å². The summed E-state index contributed by atoms with van der Waals surface area (Å²) >= 11 is 0. The summed E-state index contributed by atoms with van der Waals surface area (Å²) < 4.78 is 55.1. The number of fused-ring (bicyclic) bond motifs is 2. The molecule has 3 aromatic carbocycles. The van der Waals surface area contributed by atoms with Crippen LogP contribution in [0.5, 0.6) is 23.1 Å². The van der Waals surface area contributed by atoms with Crippen LogP contribution >= 0.6 is 0 Å². The Bertz CT molecular complexity index is 2900. The monoisotopic (exact) mass is 991 g/mol. The fourth-order valence-corrected chi connectivity index (χ4v) is 12.6. The van der Waals surface area contributed by atoms with E-state index >= 15 is 0 Å². The van der Waals surface area contributed by atoms with Crippen LogP contribution in [0.1, 0.15) is 119 Å². The number of anilines is 2. The number of hydrogen-bond acceptors (Lipinski definition) is 14. The van der Waals surface area contributed by atoms with Crippen molar-refractivity contribution in [3.8, 4) is 23.1 Å². The highest BCUT2D eigenvalue weighted by molar-refractivity contribution is 7.90. The molecular weight excluding hydrogens is 927 g/mol. The molecule has 1 spiro atoms. The van der Waals surface area contributed by atoms with Gasteiger partial charge < -0.3 is 39.3 Å². The molecule has 1 amide bonds. The van der Waals surface area contributed by atoms with Gasteiger partial charge in [-0.25, -0.2) is 13.1 Å². The Balaban J connectivity index is 0.887. The number of aromatic nitrogens is 2. The number of pyridine rings is 1. The van der Waals surface area contributed by atoms with Gasteiger partial charge in [0.1, 0.15) is 18.0 Å². The van der Waals surface area contributed by atoms with Gasteiger partial charge in [0.25, 0.3) is 27.5 Å². The first kappa shape index (κ1) is 48.7. The third-order valence-electron chi connectivity index (χ3n) is 15.7. The number of nitrogens with one attached hydrogen (secondary N) is 3. The Morgan fingerprint density at radius 2 is 1.79 bits per heavy atom. The second-order valence-electron chi connectivity index (χ2n) is 20.9. The summed E-state index contributed by atoms with van der Waals surface area (Å²) in [6.45, 7) is 12.7. The fourth-order valence-electron chi connectivity index (χ4n) is 11.6. The normalized spacial score (nSPS) is 23.6. The lowest BCUT2D eigenvalue weighted by Crippen LogP contribution is -2.58. The molecule has 378 valence electrons. The predicted molar refractivity (Wildman–Crippen MR) is 269 cm³/mol. The summed E-state index contributed by atoms with van der Waals surface area (Å²) in [5.41, 5.74) is 3.11. The molecule has 0 bridgehead atoms. The molecule has 18 heteroatoms. The van der Waals surface area contributed by atoms with Gasteiger partial charge in [0.05, 0.1) is 52.9 Å². The minimum absolute atomic E-state index is 0.00912. The summed E-state index contributed by atoms with van der Waals surface area (Å²) in [5, 5.41) is 26.9. The number of rotatable bonds is 14. The molecule has 2 aliphatic carbocycles. The number of H-pyrrole nitrogens is 1. The van der Waals surface area contributed by atoms with Crippen LogP contribution in [-0.4, -0.2) is 103 Å². The molecule has 0 radical (unpaired) electrons. The third-order valence-corrected chi connectivity index (χ3v) is 17.0. The van der Waals surface area contributed by atoms with Crippen LogP contribution in [-0.2, 0) is 14.8 Å². The van der Waals surface area contributed by atoms with E-state index < -0.39 is 37.0 Å². The van der Waals surface area contributed by atoms with Gasteiger partial charge in [-0.1, -0.05) is 45.0 Å². The molecule has 2 atom stereocenters. The number of benzene rings is 3. The number of nitro groups is 1. The van der Waals surface area contributed by atoms with Crippen molar-refractivity contribution in [3.63, 3.8) is 0 Å². The molecule has 2 aromatic heterocycles. The van der Waals surface area contributed by atoms with Crippen LogP contribution in [0, 0.1) is 21.4 Å². The molecule has 4 N–H and O–H groups in total. The number of morpholine rings is 1. The number of amides is 1. The number of aliphatic hydroxyl groups is 1. The van der Waals surface area contributed by atoms with Gasteiger partial charge >= 0.3 is 0 Å². The van der Waals surface area contributed by atoms with E-state index in [4.69, 9.17) is 18.9 Å². The zero-order chi connectivity index (χ0) is 49.7. The van der Waals surface area contributed by atoms with E-state index in [2.05, 4.69) is 67.9 Å². The van der Waals surface area contributed by atoms with Crippen molar-refractivity contribution in [2.24, 2.45) is 11.3 Å². The number of aromatic amines is 1. The first-order chi connectivity index (χ1) is 34.1. The second-order valence-corrected chi connectivity index (χ2v) is 22.6. The highest BCUT2D eigenvalue weighted by Crippen LogP contribution is 2.53. The first-order valence-electron chi connectivity index (χ1n) is 25.2. The van der Waals surface area contributed by atoms with Crippen molar-refractivity contribution in [2.45, 2.75) is 120 Å². The maximum atomic E-state index is 14.3. The van der Waals surface area contributed by atoms with E-state index in [0.29, 0.717) is 62.9 Å². The van der Waals surface area contributed by atoms with Gasteiger partial charge in [-0.2, -0.15) is 4.98 Å². The molecule has 2 saturated heterocycles.